The standard InChI is InChI=1S/C21H27NO4/c1-6-17-9-7-8-10-18(17)26-15(2)21(23)22(3)14-16-11-12-19(24-4)20(13-16)25-5/h7-13,15H,6,14H2,1-5H3/t15-/m1/s1. The number of aryl methyl sites for hydroxylation is 1. The highest BCUT2D eigenvalue weighted by Gasteiger charge is 2.20. The zero-order valence-corrected chi connectivity index (χ0v) is 16.1. The van der Waals surface area contributed by atoms with Gasteiger partial charge in [-0.25, -0.2) is 0 Å². The van der Waals surface area contributed by atoms with Crippen molar-refractivity contribution in [3.05, 3.63) is 53.6 Å². The second-order valence-corrected chi connectivity index (χ2v) is 6.10. The lowest BCUT2D eigenvalue weighted by Crippen LogP contribution is -2.37. The summed E-state index contributed by atoms with van der Waals surface area (Å²) in [6.45, 7) is 4.31. The smallest absolute Gasteiger partial charge is 0.263 e. The molecule has 0 saturated heterocycles. The number of benzene rings is 2. The predicted molar refractivity (Wildman–Crippen MR) is 102 cm³/mol. The largest absolute Gasteiger partial charge is 0.493 e. The molecular weight excluding hydrogens is 330 g/mol. The molecule has 0 unspecified atom stereocenters. The first-order valence-electron chi connectivity index (χ1n) is 8.70. The maximum Gasteiger partial charge on any atom is 0.263 e. The molecule has 0 aliphatic heterocycles. The van der Waals surface area contributed by atoms with E-state index < -0.39 is 6.10 Å². The van der Waals surface area contributed by atoms with Crippen LogP contribution in [0.15, 0.2) is 42.5 Å². The summed E-state index contributed by atoms with van der Waals surface area (Å²) >= 11 is 0. The first kappa shape index (κ1) is 19.6. The van der Waals surface area contributed by atoms with Gasteiger partial charge in [0.1, 0.15) is 5.75 Å². The van der Waals surface area contributed by atoms with Gasteiger partial charge >= 0.3 is 0 Å². The van der Waals surface area contributed by atoms with Crippen LogP contribution in [0.1, 0.15) is 25.0 Å². The summed E-state index contributed by atoms with van der Waals surface area (Å²) in [7, 11) is 4.96. The van der Waals surface area contributed by atoms with Gasteiger partial charge in [-0.05, 0) is 42.7 Å². The maximum absolute atomic E-state index is 12.7. The molecule has 0 aliphatic rings. The maximum atomic E-state index is 12.7. The van der Waals surface area contributed by atoms with Gasteiger partial charge in [0, 0.05) is 13.6 Å². The summed E-state index contributed by atoms with van der Waals surface area (Å²) in [5, 5.41) is 0. The highest BCUT2D eigenvalue weighted by Crippen LogP contribution is 2.28. The zero-order chi connectivity index (χ0) is 19.1. The molecule has 2 aromatic carbocycles. The lowest BCUT2D eigenvalue weighted by Gasteiger charge is -2.23. The quantitative estimate of drug-likeness (QED) is 0.723. The van der Waals surface area contributed by atoms with Crippen molar-refractivity contribution in [3.8, 4) is 17.2 Å². The first-order chi connectivity index (χ1) is 12.5. The molecule has 140 valence electrons. The fourth-order valence-electron chi connectivity index (χ4n) is 2.79. The molecule has 1 amide bonds. The van der Waals surface area contributed by atoms with Crippen LogP contribution < -0.4 is 14.2 Å². The Morgan fingerprint density at radius 3 is 2.38 bits per heavy atom. The molecule has 0 aliphatic carbocycles. The summed E-state index contributed by atoms with van der Waals surface area (Å²) in [4.78, 5) is 14.3. The SMILES string of the molecule is CCc1ccccc1O[C@H](C)C(=O)N(C)Cc1ccc(OC)c(OC)c1. The summed E-state index contributed by atoms with van der Waals surface area (Å²) in [5.41, 5.74) is 2.05. The van der Waals surface area contributed by atoms with E-state index in [4.69, 9.17) is 14.2 Å². The van der Waals surface area contributed by atoms with Gasteiger partial charge in [0.2, 0.25) is 0 Å². The van der Waals surface area contributed by atoms with Crippen molar-refractivity contribution >= 4 is 5.91 Å². The van der Waals surface area contributed by atoms with Gasteiger partial charge < -0.3 is 19.1 Å². The molecular formula is C21H27NO4. The lowest BCUT2D eigenvalue weighted by molar-refractivity contribution is -0.137. The highest BCUT2D eigenvalue weighted by molar-refractivity contribution is 5.80. The summed E-state index contributed by atoms with van der Waals surface area (Å²) in [5.74, 6) is 1.99. The van der Waals surface area contributed by atoms with Crippen LogP contribution in [-0.4, -0.2) is 38.2 Å². The molecule has 0 bridgehead atoms. The summed E-state index contributed by atoms with van der Waals surface area (Å²) in [6.07, 6.45) is 0.298. The molecule has 0 aromatic heterocycles. The lowest BCUT2D eigenvalue weighted by atomic mass is 10.1. The second-order valence-electron chi connectivity index (χ2n) is 6.10. The van der Waals surface area contributed by atoms with Gasteiger partial charge in [0.05, 0.1) is 14.2 Å². The second kappa shape index (κ2) is 9.13. The molecule has 5 nitrogen and oxygen atoms in total. The molecule has 2 rings (SSSR count). The van der Waals surface area contributed by atoms with Crippen molar-refractivity contribution in [3.63, 3.8) is 0 Å². The van der Waals surface area contributed by atoms with Crippen LogP contribution in [0.25, 0.3) is 0 Å². The fraction of sp³-hybridized carbons (Fsp3) is 0.381. The number of nitrogens with zero attached hydrogens (tertiary/aromatic N) is 1. The van der Waals surface area contributed by atoms with Crippen LogP contribution in [-0.2, 0) is 17.8 Å². The van der Waals surface area contributed by atoms with Gasteiger partial charge in [-0.2, -0.15) is 0 Å². The van der Waals surface area contributed by atoms with E-state index in [1.165, 1.54) is 0 Å². The Hall–Kier alpha value is -2.69. The third kappa shape index (κ3) is 4.69. The highest BCUT2D eigenvalue weighted by atomic mass is 16.5. The van der Waals surface area contributed by atoms with Gasteiger partial charge in [0.15, 0.2) is 17.6 Å². The molecule has 0 fully saturated rings. The van der Waals surface area contributed by atoms with Crippen molar-refractivity contribution in [2.45, 2.75) is 32.9 Å². The number of amides is 1. The topological polar surface area (TPSA) is 48.0 Å². The van der Waals surface area contributed by atoms with E-state index in [1.807, 2.05) is 42.5 Å². The number of para-hydroxylation sites is 1. The molecule has 2 aromatic rings. The van der Waals surface area contributed by atoms with Crippen LogP contribution in [0.2, 0.25) is 0 Å². The van der Waals surface area contributed by atoms with E-state index in [1.54, 1.807) is 33.1 Å². The molecule has 0 heterocycles. The Kier molecular flexibility index (Phi) is 6.89. The number of likely N-dealkylation sites (N-methyl/N-ethyl adjacent to an activating group) is 1. The molecule has 0 N–H and O–H groups in total. The average molecular weight is 357 g/mol. The van der Waals surface area contributed by atoms with E-state index in [0.29, 0.717) is 18.0 Å². The summed E-state index contributed by atoms with van der Waals surface area (Å²) in [6, 6.07) is 13.4. The Bertz CT molecular complexity index is 745. The fourth-order valence-corrected chi connectivity index (χ4v) is 2.79. The molecule has 0 saturated carbocycles. The minimum Gasteiger partial charge on any atom is -0.493 e. The monoisotopic (exact) mass is 357 g/mol. The van der Waals surface area contributed by atoms with Gasteiger partial charge in [0.25, 0.3) is 5.91 Å². The van der Waals surface area contributed by atoms with E-state index in [0.717, 1.165) is 23.3 Å². The number of methoxy groups -OCH3 is 2. The number of carbonyl (C=O) groups is 1. The number of carbonyl (C=O) groups excluding carboxylic acids is 1. The minimum atomic E-state index is -0.562. The number of hydrogen-bond acceptors (Lipinski definition) is 4. The van der Waals surface area contributed by atoms with Crippen molar-refractivity contribution in [1.29, 1.82) is 0 Å². The van der Waals surface area contributed by atoms with Crippen LogP contribution in [0.4, 0.5) is 0 Å². The van der Waals surface area contributed by atoms with Crippen LogP contribution in [0.5, 0.6) is 17.2 Å². The van der Waals surface area contributed by atoms with Crippen LogP contribution in [0.3, 0.4) is 0 Å². The minimum absolute atomic E-state index is 0.0781. The van der Waals surface area contributed by atoms with E-state index >= 15 is 0 Å². The Balaban J connectivity index is 2.04. The van der Waals surface area contributed by atoms with Crippen molar-refractivity contribution in [1.82, 2.24) is 4.90 Å². The predicted octanol–water partition coefficient (Wildman–Crippen LogP) is 3.69. The number of ether oxygens (including phenoxy) is 3. The average Bonchev–Trinajstić information content (AvgIpc) is 2.67. The van der Waals surface area contributed by atoms with E-state index in [2.05, 4.69) is 6.92 Å². The summed E-state index contributed by atoms with van der Waals surface area (Å²) < 4.78 is 16.5. The molecule has 5 heteroatoms. The third-order valence-corrected chi connectivity index (χ3v) is 4.25. The zero-order valence-electron chi connectivity index (χ0n) is 16.1. The normalized spacial score (nSPS) is 11.6. The van der Waals surface area contributed by atoms with Crippen molar-refractivity contribution in [2.75, 3.05) is 21.3 Å². The van der Waals surface area contributed by atoms with E-state index in [9.17, 15) is 4.79 Å². The van der Waals surface area contributed by atoms with Crippen LogP contribution >= 0.6 is 0 Å². The Morgan fingerprint density at radius 1 is 1.04 bits per heavy atom. The van der Waals surface area contributed by atoms with Gasteiger partial charge in [-0.15, -0.1) is 0 Å². The van der Waals surface area contributed by atoms with E-state index in [-0.39, 0.29) is 5.91 Å². The Morgan fingerprint density at radius 2 is 1.73 bits per heavy atom. The Labute approximate surface area is 155 Å². The van der Waals surface area contributed by atoms with Crippen molar-refractivity contribution < 1.29 is 19.0 Å². The number of rotatable bonds is 8. The van der Waals surface area contributed by atoms with Crippen LogP contribution in [0, 0.1) is 0 Å². The first-order valence-corrected chi connectivity index (χ1v) is 8.70. The molecule has 1 atom stereocenters. The van der Waals surface area contributed by atoms with Crippen molar-refractivity contribution in [2.24, 2.45) is 0 Å². The molecule has 26 heavy (non-hydrogen) atoms. The third-order valence-electron chi connectivity index (χ3n) is 4.25. The molecule has 0 spiro atoms. The number of hydrogen-bond donors (Lipinski definition) is 0. The van der Waals surface area contributed by atoms with Gasteiger partial charge in [-0.1, -0.05) is 31.2 Å². The van der Waals surface area contributed by atoms with Gasteiger partial charge in [-0.3, -0.25) is 4.79 Å². The molecule has 0 radical (unpaired) electrons.